The van der Waals surface area contributed by atoms with Crippen molar-refractivity contribution in [1.29, 1.82) is 0 Å². The van der Waals surface area contributed by atoms with E-state index in [1.165, 1.54) is 0 Å². The standard InChI is InChI=1S/C11H16N4O2/c1-4-9(16)7(2)11-13-10(14-17-11)8-5-12-15(3)6-8/h5-7,9,16H,4H2,1-3H3. The minimum atomic E-state index is -0.461. The molecule has 0 bridgehead atoms. The van der Waals surface area contributed by atoms with Crippen LogP contribution in [0.2, 0.25) is 0 Å². The summed E-state index contributed by atoms with van der Waals surface area (Å²) in [5, 5.41) is 17.7. The average Bonchev–Trinajstić information content (AvgIpc) is 2.95. The average molecular weight is 236 g/mol. The van der Waals surface area contributed by atoms with E-state index >= 15 is 0 Å². The first-order valence-corrected chi connectivity index (χ1v) is 5.62. The molecule has 1 N–H and O–H groups in total. The Hall–Kier alpha value is -1.69. The summed E-state index contributed by atoms with van der Waals surface area (Å²) in [4.78, 5) is 4.27. The smallest absolute Gasteiger partial charge is 0.232 e. The summed E-state index contributed by atoms with van der Waals surface area (Å²) in [7, 11) is 1.83. The van der Waals surface area contributed by atoms with Gasteiger partial charge in [0, 0.05) is 13.2 Å². The largest absolute Gasteiger partial charge is 0.392 e. The third-order valence-electron chi connectivity index (χ3n) is 2.79. The molecule has 2 unspecified atom stereocenters. The first-order chi connectivity index (χ1) is 8.11. The van der Waals surface area contributed by atoms with Gasteiger partial charge in [-0.05, 0) is 6.42 Å². The highest BCUT2D eigenvalue weighted by atomic mass is 16.5. The van der Waals surface area contributed by atoms with E-state index in [4.69, 9.17) is 4.52 Å². The van der Waals surface area contributed by atoms with Gasteiger partial charge in [-0.15, -0.1) is 0 Å². The molecule has 0 saturated heterocycles. The maximum Gasteiger partial charge on any atom is 0.232 e. The van der Waals surface area contributed by atoms with Gasteiger partial charge in [-0.1, -0.05) is 19.0 Å². The van der Waals surface area contributed by atoms with Crippen molar-refractivity contribution in [2.24, 2.45) is 7.05 Å². The van der Waals surface area contributed by atoms with Gasteiger partial charge in [-0.3, -0.25) is 4.68 Å². The minimum absolute atomic E-state index is 0.155. The van der Waals surface area contributed by atoms with Crippen LogP contribution in [0, 0.1) is 0 Å². The van der Waals surface area contributed by atoms with Crippen LogP contribution in [0.1, 0.15) is 32.1 Å². The van der Waals surface area contributed by atoms with Crippen LogP contribution >= 0.6 is 0 Å². The Bertz CT molecular complexity index is 491. The van der Waals surface area contributed by atoms with Gasteiger partial charge in [0.1, 0.15) is 0 Å². The molecule has 0 aliphatic carbocycles. The van der Waals surface area contributed by atoms with Crippen molar-refractivity contribution < 1.29 is 9.63 Å². The van der Waals surface area contributed by atoms with E-state index < -0.39 is 6.10 Å². The Kier molecular flexibility index (Phi) is 3.23. The van der Waals surface area contributed by atoms with Gasteiger partial charge in [0.2, 0.25) is 11.7 Å². The molecule has 6 heteroatoms. The molecule has 2 rings (SSSR count). The maximum absolute atomic E-state index is 9.72. The van der Waals surface area contributed by atoms with Gasteiger partial charge in [0.05, 0.1) is 23.8 Å². The number of hydrogen-bond acceptors (Lipinski definition) is 5. The fourth-order valence-corrected chi connectivity index (χ4v) is 1.59. The molecule has 0 aliphatic heterocycles. The van der Waals surface area contributed by atoms with Gasteiger partial charge in [0.15, 0.2) is 0 Å². The zero-order valence-electron chi connectivity index (χ0n) is 10.2. The number of aliphatic hydroxyl groups excluding tert-OH is 1. The molecule has 2 atom stereocenters. The lowest BCUT2D eigenvalue weighted by Gasteiger charge is -2.11. The predicted molar refractivity (Wildman–Crippen MR) is 61.2 cm³/mol. The second-order valence-corrected chi connectivity index (χ2v) is 4.12. The molecule has 6 nitrogen and oxygen atoms in total. The molecule has 0 spiro atoms. The van der Waals surface area contributed by atoms with Crippen LogP contribution < -0.4 is 0 Å². The van der Waals surface area contributed by atoms with E-state index in [1.54, 1.807) is 10.9 Å². The Labute approximate surface area is 99.3 Å². The number of hydrogen-bond donors (Lipinski definition) is 1. The van der Waals surface area contributed by atoms with Crippen molar-refractivity contribution in [3.8, 4) is 11.4 Å². The van der Waals surface area contributed by atoms with E-state index in [2.05, 4.69) is 15.2 Å². The first-order valence-electron chi connectivity index (χ1n) is 5.62. The Morgan fingerprint density at radius 3 is 2.88 bits per heavy atom. The molecule has 0 aromatic carbocycles. The van der Waals surface area contributed by atoms with Crippen LogP contribution in [0.4, 0.5) is 0 Å². The highest BCUT2D eigenvalue weighted by Gasteiger charge is 2.21. The molecule has 92 valence electrons. The number of nitrogens with zero attached hydrogens (tertiary/aromatic N) is 4. The number of aromatic nitrogens is 4. The molecule has 2 aromatic rings. The van der Waals surface area contributed by atoms with Crippen LogP contribution in [0.5, 0.6) is 0 Å². The van der Waals surface area contributed by atoms with E-state index in [0.29, 0.717) is 18.1 Å². The molecule has 17 heavy (non-hydrogen) atoms. The van der Waals surface area contributed by atoms with Crippen molar-refractivity contribution in [1.82, 2.24) is 19.9 Å². The fourth-order valence-electron chi connectivity index (χ4n) is 1.59. The molecule has 0 saturated carbocycles. The molecule has 2 aromatic heterocycles. The SMILES string of the molecule is CCC(O)C(C)c1nc(-c2cnn(C)c2)no1. The van der Waals surface area contributed by atoms with E-state index in [9.17, 15) is 5.11 Å². The highest BCUT2D eigenvalue weighted by molar-refractivity contribution is 5.51. The van der Waals surface area contributed by atoms with E-state index in [1.807, 2.05) is 27.1 Å². The second kappa shape index (κ2) is 4.67. The predicted octanol–water partition coefficient (Wildman–Crippen LogP) is 1.34. The summed E-state index contributed by atoms with van der Waals surface area (Å²) in [6.45, 7) is 3.79. The van der Waals surface area contributed by atoms with E-state index in [0.717, 1.165) is 5.56 Å². The quantitative estimate of drug-likeness (QED) is 0.866. The summed E-state index contributed by atoms with van der Waals surface area (Å²) in [5.74, 6) is 0.805. The molecule has 0 radical (unpaired) electrons. The van der Waals surface area contributed by atoms with Crippen molar-refractivity contribution in [2.75, 3.05) is 0 Å². The van der Waals surface area contributed by atoms with Crippen molar-refractivity contribution >= 4 is 0 Å². The second-order valence-electron chi connectivity index (χ2n) is 4.12. The molecule has 2 heterocycles. The van der Waals surface area contributed by atoms with Gasteiger partial charge in [-0.2, -0.15) is 10.1 Å². The van der Waals surface area contributed by atoms with Crippen LogP contribution in [0.25, 0.3) is 11.4 Å². The van der Waals surface area contributed by atoms with Gasteiger partial charge >= 0.3 is 0 Å². The maximum atomic E-state index is 9.72. The van der Waals surface area contributed by atoms with Crippen LogP contribution in [-0.4, -0.2) is 31.1 Å². The molecule has 0 amide bonds. The summed E-state index contributed by atoms with van der Waals surface area (Å²) >= 11 is 0. The van der Waals surface area contributed by atoms with Crippen molar-refractivity contribution in [2.45, 2.75) is 32.3 Å². The van der Waals surface area contributed by atoms with Crippen LogP contribution in [0.15, 0.2) is 16.9 Å². The van der Waals surface area contributed by atoms with Gasteiger partial charge < -0.3 is 9.63 Å². The summed E-state index contributed by atoms with van der Waals surface area (Å²) in [6.07, 6.45) is 3.69. The monoisotopic (exact) mass is 236 g/mol. The van der Waals surface area contributed by atoms with Crippen LogP contribution in [0.3, 0.4) is 0 Å². The normalized spacial score (nSPS) is 14.8. The van der Waals surface area contributed by atoms with Crippen LogP contribution in [-0.2, 0) is 7.05 Å². The third kappa shape index (κ3) is 2.36. The lowest BCUT2D eigenvalue weighted by molar-refractivity contribution is 0.129. The molecular formula is C11H16N4O2. The number of aryl methyl sites for hydroxylation is 1. The fraction of sp³-hybridized carbons (Fsp3) is 0.545. The topological polar surface area (TPSA) is 77.0 Å². The lowest BCUT2D eigenvalue weighted by atomic mass is 10.0. The lowest BCUT2D eigenvalue weighted by Crippen LogP contribution is -2.14. The number of aliphatic hydroxyl groups is 1. The first kappa shape index (κ1) is 11.8. The Morgan fingerprint density at radius 2 is 2.29 bits per heavy atom. The van der Waals surface area contributed by atoms with Gasteiger partial charge in [-0.25, -0.2) is 0 Å². The third-order valence-corrected chi connectivity index (χ3v) is 2.79. The zero-order chi connectivity index (χ0) is 12.4. The molecular weight excluding hydrogens is 220 g/mol. The Morgan fingerprint density at radius 1 is 1.53 bits per heavy atom. The van der Waals surface area contributed by atoms with E-state index in [-0.39, 0.29) is 5.92 Å². The van der Waals surface area contributed by atoms with Crippen molar-refractivity contribution in [3.63, 3.8) is 0 Å². The zero-order valence-corrected chi connectivity index (χ0v) is 10.2. The molecule has 0 fully saturated rings. The molecule has 0 aliphatic rings. The number of rotatable bonds is 4. The highest BCUT2D eigenvalue weighted by Crippen LogP contribution is 2.22. The summed E-state index contributed by atoms with van der Waals surface area (Å²) in [5.41, 5.74) is 0.806. The minimum Gasteiger partial charge on any atom is -0.392 e. The Balaban J connectivity index is 2.21. The van der Waals surface area contributed by atoms with Crippen molar-refractivity contribution in [3.05, 3.63) is 18.3 Å². The van der Waals surface area contributed by atoms with Gasteiger partial charge in [0.25, 0.3) is 0 Å². The summed E-state index contributed by atoms with van der Waals surface area (Å²) < 4.78 is 6.83. The summed E-state index contributed by atoms with van der Waals surface area (Å²) in [6, 6.07) is 0.